The van der Waals surface area contributed by atoms with Gasteiger partial charge < -0.3 is 16.6 Å². The molecule has 0 aromatic rings. The molecule has 0 heterocycles. The fourth-order valence-corrected chi connectivity index (χ4v) is 0.907. The molecule has 0 fully saturated rings. The molecule has 5 N–H and O–H groups in total. The van der Waals surface area contributed by atoms with E-state index >= 15 is 0 Å². The summed E-state index contributed by atoms with van der Waals surface area (Å²) in [5.41, 5.74) is 8.57. The van der Waals surface area contributed by atoms with Gasteiger partial charge in [-0.1, -0.05) is 6.58 Å². The zero-order valence-electron chi connectivity index (χ0n) is 7.42. The van der Waals surface area contributed by atoms with Crippen LogP contribution in [-0.4, -0.2) is 23.2 Å². The minimum atomic E-state index is -1.95. The number of nitrogens with two attached hydrogens (primary N) is 2. The molecule has 0 aromatic heterocycles. The Balaban J connectivity index is 4.26. The summed E-state index contributed by atoms with van der Waals surface area (Å²) in [6, 6.07) is 0. The van der Waals surface area contributed by atoms with Crippen LogP contribution in [-0.2, 0) is 4.79 Å². The highest BCUT2D eigenvalue weighted by molar-refractivity contribution is 5.81. The van der Waals surface area contributed by atoms with Crippen molar-refractivity contribution in [1.82, 2.24) is 0 Å². The molecular weight excluding hydrogens is 175 g/mol. The molecule has 0 radical (unpaired) electrons. The van der Waals surface area contributed by atoms with Gasteiger partial charge in [-0.25, -0.2) is 9.18 Å². The highest BCUT2D eigenvalue weighted by Gasteiger charge is 2.37. The standard InChI is InChI=1S/C8H15FN2O2/c1-6(9)8(11,7(12)13)4-2-3-5-10/h1-5,10-11H2,(H,12,13)/t8-/m0/s1. The van der Waals surface area contributed by atoms with Crippen LogP contribution in [0.1, 0.15) is 19.3 Å². The fraction of sp³-hybridized carbons (Fsp3) is 0.625. The molecule has 0 saturated heterocycles. The first kappa shape index (κ1) is 12.1. The van der Waals surface area contributed by atoms with Gasteiger partial charge in [0.05, 0.1) is 0 Å². The van der Waals surface area contributed by atoms with E-state index in [9.17, 15) is 9.18 Å². The summed E-state index contributed by atoms with van der Waals surface area (Å²) < 4.78 is 12.7. The van der Waals surface area contributed by atoms with Gasteiger partial charge in [-0.3, -0.25) is 0 Å². The van der Waals surface area contributed by atoms with Crippen LogP contribution in [0.5, 0.6) is 0 Å². The van der Waals surface area contributed by atoms with Crippen LogP contribution in [0.3, 0.4) is 0 Å². The van der Waals surface area contributed by atoms with Crippen molar-refractivity contribution in [3.63, 3.8) is 0 Å². The summed E-state index contributed by atoms with van der Waals surface area (Å²) in [6.07, 6.45) is 1.12. The summed E-state index contributed by atoms with van der Waals surface area (Å²) in [5, 5.41) is 8.65. The lowest BCUT2D eigenvalue weighted by Crippen LogP contribution is -2.48. The number of hydrogen-bond donors (Lipinski definition) is 3. The molecule has 0 unspecified atom stereocenters. The van der Waals surface area contributed by atoms with Crippen LogP contribution in [0.2, 0.25) is 0 Å². The maximum atomic E-state index is 12.7. The summed E-state index contributed by atoms with van der Waals surface area (Å²) in [4.78, 5) is 10.6. The van der Waals surface area contributed by atoms with E-state index < -0.39 is 17.3 Å². The van der Waals surface area contributed by atoms with E-state index in [1.165, 1.54) is 0 Å². The molecule has 0 amide bonds. The number of carboxylic acids is 1. The molecule has 0 saturated carbocycles. The number of aliphatic carboxylic acids is 1. The lowest BCUT2D eigenvalue weighted by atomic mass is 9.93. The van der Waals surface area contributed by atoms with Crippen molar-refractivity contribution < 1.29 is 14.3 Å². The number of halogens is 1. The topological polar surface area (TPSA) is 89.3 Å². The van der Waals surface area contributed by atoms with Crippen molar-refractivity contribution in [1.29, 1.82) is 0 Å². The van der Waals surface area contributed by atoms with E-state index in [0.29, 0.717) is 19.4 Å². The first-order valence-corrected chi connectivity index (χ1v) is 4.02. The Hall–Kier alpha value is -0.940. The van der Waals surface area contributed by atoms with Crippen molar-refractivity contribution in [2.45, 2.75) is 24.8 Å². The van der Waals surface area contributed by atoms with E-state index in [0.717, 1.165) is 0 Å². The van der Waals surface area contributed by atoms with E-state index in [4.69, 9.17) is 16.6 Å². The molecule has 0 aromatic carbocycles. The monoisotopic (exact) mass is 190 g/mol. The second-order valence-corrected chi connectivity index (χ2v) is 2.93. The summed E-state index contributed by atoms with van der Waals surface area (Å²) in [7, 11) is 0. The number of rotatable bonds is 6. The number of carbonyl (C=O) groups is 1. The molecule has 0 aliphatic heterocycles. The minimum absolute atomic E-state index is 0.0227. The second kappa shape index (κ2) is 4.94. The average molecular weight is 190 g/mol. The highest BCUT2D eigenvalue weighted by Crippen LogP contribution is 2.20. The largest absolute Gasteiger partial charge is 0.480 e. The SMILES string of the molecule is C=C(F)[C@@](N)(CCCCN)C(=O)O. The Bertz CT molecular complexity index is 192. The van der Waals surface area contributed by atoms with Crippen LogP contribution in [0.25, 0.3) is 0 Å². The molecule has 4 nitrogen and oxygen atoms in total. The lowest BCUT2D eigenvalue weighted by Gasteiger charge is -2.21. The van der Waals surface area contributed by atoms with Crippen LogP contribution >= 0.6 is 0 Å². The third-order valence-corrected chi connectivity index (χ3v) is 1.89. The van der Waals surface area contributed by atoms with E-state index in [1.807, 2.05) is 0 Å². The molecule has 0 rings (SSSR count). The van der Waals surface area contributed by atoms with Crippen molar-refractivity contribution in [2.75, 3.05) is 6.54 Å². The van der Waals surface area contributed by atoms with Crippen molar-refractivity contribution in [3.05, 3.63) is 12.4 Å². The Morgan fingerprint density at radius 1 is 1.54 bits per heavy atom. The Morgan fingerprint density at radius 3 is 2.38 bits per heavy atom. The Labute approximate surface area is 76.4 Å². The molecule has 0 aliphatic carbocycles. The van der Waals surface area contributed by atoms with Crippen LogP contribution in [0.15, 0.2) is 12.4 Å². The van der Waals surface area contributed by atoms with Crippen molar-refractivity contribution in [3.8, 4) is 0 Å². The van der Waals surface area contributed by atoms with Gasteiger partial charge in [0.25, 0.3) is 0 Å². The molecule has 0 spiro atoms. The number of carboxylic acid groups (broad SMARTS) is 1. The number of unbranched alkanes of at least 4 members (excludes halogenated alkanes) is 1. The average Bonchev–Trinajstić information content (AvgIpc) is 2.03. The first-order chi connectivity index (χ1) is 5.95. The third-order valence-electron chi connectivity index (χ3n) is 1.89. The van der Waals surface area contributed by atoms with Gasteiger partial charge in [0, 0.05) is 0 Å². The van der Waals surface area contributed by atoms with Crippen molar-refractivity contribution in [2.24, 2.45) is 11.5 Å². The molecule has 76 valence electrons. The zero-order valence-corrected chi connectivity index (χ0v) is 7.42. The summed E-state index contributed by atoms with van der Waals surface area (Å²) in [6.45, 7) is 3.36. The van der Waals surface area contributed by atoms with E-state index in [-0.39, 0.29) is 6.42 Å². The van der Waals surface area contributed by atoms with Gasteiger partial charge in [0.2, 0.25) is 0 Å². The summed E-state index contributed by atoms with van der Waals surface area (Å²) in [5.74, 6) is -2.41. The number of hydrogen-bond acceptors (Lipinski definition) is 3. The summed E-state index contributed by atoms with van der Waals surface area (Å²) >= 11 is 0. The predicted octanol–water partition coefficient (Wildman–Crippen LogP) is 0.381. The second-order valence-electron chi connectivity index (χ2n) is 2.93. The molecular formula is C8H15FN2O2. The van der Waals surface area contributed by atoms with Gasteiger partial charge in [0.15, 0.2) is 5.54 Å². The first-order valence-electron chi connectivity index (χ1n) is 4.02. The molecule has 1 atom stereocenters. The smallest absolute Gasteiger partial charge is 0.330 e. The van der Waals surface area contributed by atoms with Gasteiger partial charge in [-0.2, -0.15) is 0 Å². The fourth-order valence-electron chi connectivity index (χ4n) is 0.907. The zero-order chi connectivity index (χ0) is 10.5. The third kappa shape index (κ3) is 3.12. The van der Waals surface area contributed by atoms with Crippen LogP contribution in [0, 0.1) is 0 Å². The van der Waals surface area contributed by atoms with Crippen LogP contribution in [0.4, 0.5) is 4.39 Å². The van der Waals surface area contributed by atoms with Gasteiger partial charge >= 0.3 is 5.97 Å². The van der Waals surface area contributed by atoms with Crippen LogP contribution < -0.4 is 11.5 Å². The van der Waals surface area contributed by atoms with Gasteiger partial charge in [0.1, 0.15) is 5.83 Å². The lowest BCUT2D eigenvalue weighted by molar-refractivity contribution is -0.142. The molecule has 0 bridgehead atoms. The normalized spacial score (nSPS) is 15.0. The Kier molecular flexibility index (Phi) is 4.58. The van der Waals surface area contributed by atoms with E-state index in [2.05, 4.69) is 6.58 Å². The van der Waals surface area contributed by atoms with E-state index in [1.54, 1.807) is 0 Å². The Morgan fingerprint density at radius 2 is 2.08 bits per heavy atom. The highest BCUT2D eigenvalue weighted by atomic mass is 19.1. The van der Waals surface area contributed by atoms with Gasteiger partial charge in [-0.05, 0) is 25.8 Å². The maximum absolute atomic E-state index is 12.7. The quantitative estimate of drug-likeness (QED) is 0.528. The molecule has 13 heavy (non-hydrogen) atoms. The molecule has 5 heteroatoms. The van der Waals surface area contributed by atoms with Crippen molar-refractivity contribution >= 4 is 5.97 Å². The predicted molar refractivity (Wildman–Crippen MR) is 47.7 cm³/mol. The molecule has 0 aliphatic rings. The minimum Gasteiger partial charge on any atom is -0.480 e. The maximum Gasteiger partial charge on any atom is 0.330 e. The van der Waals surface area contributed by atoms with Gasteiger partial charge in [-0.15, -0.1) is 0 Å².